The molecular weight excluding hydrogens is 311 g/mol. The van der Waals surface area contributed by atoms with E-state index in [9.17, 15) is 9.18 Å². The van der Waals surface area contributed by atoms with E-state index in [0.29, 0.717) is 35.7 Å². The van der Waals surface area contributed by atoms with Gasteiger partial charge in [-0.2, -0.15) is 4.98 Å². The Kier molecular flexibility index (Phi) is 5.20. The van der Waals surface area contributed by atoms with Crippen molar-refractivity contribution in [3.05, 3.63) is 35.5 Å². The number of aromatic nitrogens is 2. The van der Waals surface area contributed by atoms with Gasteiger partial charge in [0.15, 0.2) is 0 Å². The van der Waals surface area contributed by atoms with Crippen LogP contribution in [0.5, 0.6) is 0 Å². The van der Waals surface area contributed by atoms with Crippen molar-refractivity contribution in [3.63, 3.8) is 0 Å². The fraction of sp³-hybridized carbons (Fsp3) is 0.471. The first-order valence-electron chi connectivity index (χ1n) is 8.21. The maximum absolute atomic E-state index is 13.3. The fourth-order valence-electron chi connectivity index (χ4n) is 2.75. The largest absolute Gasteiger partial charge is 0.352 e. The van der Waals surface area contributed by atoms with E-state index in [-0.39, 0.29) is 17.8 Å². The zero-order chi connectivity index (χ0) is 16.9. The third-order valence-corrected chi connectivity index (χ3v) is 4.11. The van der Waals surface area contributed by atoms with Crippen LogP contribution in [0.4, 0.5) is 4.39 Å². The van der Waals surface area contributed by atoms with Crippen molar-refractivity contribution >= 4 is 5.91 Å². The lowest BCUT2D eigenvalue weighted by Gasteiger charge is -2.23. The number of hydrogen-bond acceptors (Lipinski definition) is 5. The lowest BCUT2D eigenvalue weighted by atomic mass is 10.1. The molecule has 3 rings (SSSR count). The van der Waals surface area contributed by atoms with Crippen LogP contribution in [0.15, 0.2) is 22.7 Å². The second kappa shape index (κ2) is 7.53. The molecule has 0 spiro atoms. The number of nitrogens with one attached hydrogen (secondary N) is 2. The Bertz CT molecular complexity index is 710. The maximum atomic E-state index is 13.3. The van der Waals surface area contributed by atoms with E-state index in [4.69, 9.17) is 4.52 Å². The lowest BCUT2D eigenvalue weighted by molar-refractivity contribution is -0.121. The van der Waals surface area contributed by atoms with Crippen molar-refractivity contribution in [2.75, 3.05) is 13.1 Å². The van der Waals surface area contributed by atoms with E-state index in [0.717, 1.165) is 25.9 Å². The highest BCUT2D eigenvalue weighted by molar-refractivity contribution is 5.76. The van der Waals surface area contributed by atoms with Crippen molar-refractivity contribution in [2.24, 2.45) is 0 Å². The van der Waals surface area contributed by atoms with Gasteiger partial charge in [0.1, 0.15) is 5.82 Å². The number of rotatable bonds is 5. The number of halogens is 1. The van der Waals surface area contributed by atoms with Gasteiger partial charge in [-0.3, -0.25) is 4.79 Å². The van der Waals surface area contributed by atoms with Crippen LogP contribution >= 0.6 is 0 Å². The summed E-state index contributed by atoms with van der Waals surface area (Å²) >= 11 is 0. The molecule has 0 bridgehead atoms. The Balaban J connectivity index is 1.53. The van der Waals surface area contributed by atoms with Crippen molar-refractivity contribution in [2.45, 2.75) is 38.6 Å². The number of amides is 1. The third-order valence-electron chi connectivity index (χ3n) is 4.11. The summed E-state index contributed by atoms with van der Waals surface area (Å²) in [4.78, 5) is 16.3. The molecule has 1 amide bonds. The Hall–Kier alpha value is -2.28. The topological polar surface area (TPSA) is 80.0 Å². The van der Waals surface area contributed by atoms with Crippen LogP contribution in [-0.4, -0.2) is 35.2 Å². The zero-order valence-electron chi connectivity index (χ0n) is 13.6. The molecular formula is C17H21FN4O2. The summed E-state index contributed by atoms with van der Waals surface area (Å²) in [6.45, 7) is 3.52. The molecule has 1 aliphatic heterocycles. The number of aryl methyl sites for hydroxylation is 2. The van der Waals surface area contributed by atoms with E-state index in [2.05, 4.69) is 20.8 Å². The van der Waals surface area contributed by atoms with Crippen molar-refractivity contribution in [1.82, 2.24) is 20.8 Å². The number of carbonyl (C=O) groups is 1. The Morgan fingerprint density at radius 2 is 2.38 bits per heavy atom. The quantitative estimate of drug-likeness (QED) is 0.875. The van der Waals surface area contributed by atoms with Gasteiger partial charge < -0.3 is 15.2 Å². The average Bonchev–Trinajstić information content (AvgIpc) is 3.05. The molecule has 1 fully saturated rings. The molecule has 1 aromatic heterocycles. The Morgan fingerprint density at radius 1 is 1.50 bits per heavy atom. The standard InChI is InChI=1S/C17H21FN4O2/c1-11-9-12(4-5-14(11)18)17-21-16(24-22-17)7-6-15(23)20-13-3-2-8-19-10-13/h4-5,9,13,19H,2-3,6-8,10H2,1H3,(H,20,23). The number of nitrogens with zero attached hydrogens (tertiary/aromatic N) is 2. The number of hydrogen-bond donors (Lipinski definition) is 2. The second-order valence-electron chi connectivity index (χ2n) is 6.09. The molecule has 7 heteroatoms. The van der Waals surface area contributed by atoms with Gasteiger partial charge in [-0.05, 0) is 50.1 Å². The number of piperidine rings is 1. The van der Waals surface area contributed by atoms with E-state index in [1.54, 1.807) is 19.1 Å². The Labute approximate surface area is 139 Å². The van der Waals surface area contributed by atoms with Crippen LogP contribution in [0.1, 0.15) is 30.7 Å². The summed E-state index contributed by atoms with van der Waals surface area (Å²) in [5.41, 5.74) is 1.22. The number of benzene rings is 1. The summed E-state index contributed by atoms with van der Waals surface area (Å²) in [6, 6.07) is 4.87. The minimum Gasteiger partial charge on any atom is -0.352 e. The predicted octanol–water partition coefficient (Wildman–Crippen LogP) is 1.98. The van der Waals surface area contributed by atoms with Gasteiger partial charge in [0.25, 0.3) is 0 Å². The number of carbonyl (C=O) groups excluding carboxylic acids is 1. The molecule has 0 saturated carbocycles. The zero-order valence-corrected chi connectivity index (χ0v) is 13.6. The van der Waals surface area contributed by atoms with Gasteiger partial charge in [-0.25, -0.2) is 4.39 Å². The lowest BCUT2D eigenvalue weighted by Crippen LogP contribution is -2.45. The maximum Gasteiger partial charge on any atom is 0.227 e. The van der Waals surface area contributed by atoms with Crippen molar-refractivity contribution in [1.29, 1.82) is 0 Å². The highest BCUT2D eigenvalue weighted by Gasteiger charge is 2.16. The average molecular weight is 332 g/mol. The van der Waals surface area contributed by atoms with Gasteiger partial charge in [0, 0.05) is 31.0 Å². The normalized spacial score (nSPS) is 17.7. The molecule has 128 valence electrons. The van der Waals surface area contributed by atoms with Crippen LogP contribution in [0.2, 0.25) is 0 Å². The first-order chi connectivity index (χ1) is 11.6. The summed E-state index contributed by atoms with van der Waals surface area (Å²) in [7, 11) is 0. The molecule has 0 aliphatic carbocycles. The highest BCUT2D eigenvalue weighted by Crippen LogP contribution is 2.19. The van der Waals surface area contributed by atoms with E-state index < -0.39 is 0 Å². The van der Waals surface area contributed by atoms with Crippen LogP contribution in [-0.2, 0) is 11.2 Å². The Morgan fingerprint density at radius 3 is 3.12 bits per heavy atom. The molecule has 24 heavy (non-hydrogen) atoms. The summed E-state index contributed by atoms with van der Waals surface area (Å²) in [6.07, 6.45) is 2.78. The predicted molar refractivity (Wildman–Crippen MR) is 86.8 cm³/mol. The van der Waals surface area contributed by atoms with E-state index >= 15 is 0 Å². The minimum absolute atomic E-state index is 0.0129. The molecule has 2 heterocycles. The van der Waals surface area contributed by atoms with Gasteiger partial charge in [0.05, 0.1) is 0 Å². The molecule has 2 aromatic rings. The van der Waals surface area contributed by atoms with Crippen LogP contribution < -0.4 is 10.6 Å². The second-order valence-corrected chi connectivity index (χ2v) is 6.09. The fourth-order valence-corrected chi connectivity index (χ4v) is 2.75. The molecule has 1 aliphatic rings. The summed E-state index contributed by atoms with van der Waals surface area (Å²) < 4.78 is 18.5. The molecule has 2 N–H and O–H groups in total. The molecule has 1 aromatic carbocycles. The monoisotopic (exact) mass is 332 g/mol. The van der Waals surface area contributed by atoms with Gasteiger partial charge in [-0.15, -0.1) is 0 Å². The van der Waals surface area contributed by atoms with E-state index in [1.165, 1.54) is 6.07 Å². The molecule has 0 radical (unpaired) electrons. The first kappa shape index (κ1) is 16.6. The molecule has 6 nitrogen and oxygen atoms in total. The van der Waals surface area contributed by atoms with Gasteiger partial charge >= 0.3 is 0 Å². The first-order valence-corrected chi connectivity index (χ1v) is 8.21. The molecule has 1 unspecified atom stereocenters. The minimum atomic E-state index is -0.267. The van der Waals surface area contributed by atoms with Crippen LogP contribution in [0, 0.1) is 12.7 Å². The smallest absolute Gasteiger partial charge is 0.227 e. The van der Waals surface area contributed by atoms with Gasteiger partial charge in [0.2, 0.25) is 17.6 Å². The van der Waals surface area contributed by atoms with Gasteiger partial charge in [-0.1, -0.05) is 5.16 Å². The van der Waals surface area contributed by atoms with Crippen molar-refractivity contribution in [3.8, 4) is 11.4 Å². The summed E-state index contributed by atoms with van der Waals surface area (Å²) in [5, 5.41) is 10.2. The van der Waals surface area contributed by atoms with E-state index in [1.807, 2.05) is 0 Å². The van der Waals surface area contributed by atoms with Crippen LogP contribution in [0.3, 0.4) is 0 Å². The highest BCUT2D eigenvalue weighted by atomic mass is 19.1. The molecule has 1 saturated heterocycles. The SMILES string of the molecule is Cc1cc(-c2noc(CCC(=O)NC3CCCNC3)n2)ccc1F. The third kappa shape index (κ3) is 4.17. The summed E-state index contributed by atoms with van der Waals surface area (Å²) in [5.74, 6) is 0.534. The molecule has 1 atom stereocenters. The van der Waals surface area contributed by atoms with Crippen molar-refractivity contribution < 1.29 is 13.7 Å². The van der Waals surface area contributed by atoms with Crippen LogP contribution in [0.25, 0.3) is 11.4 Å².